The molecule has 0 aliphatic heterocycles. The summed E-state index contributed by atoms with van der Waals surface area (Å²) >= 11 is 4.25. The van der Waals surface area contributed by atoms with Crippen LogP contribution in [0.25, 0.3) is 0 Å². The summed E-state index contributed by atoms with van der Waals surface area (Å²) in [6.45, 7) is 0. The molecule has 0 atom stereocenters. The van der Waals surface area contributed by atoms with Crippen molar-refractivity contribution < 1.29 is 16.3 Å². The molecule has 0 spiro atoms. The molecule has 80 valence electrons. The van der Waals surface area contributed by atoms with E-state index in [9.17, 15) is 0 Å². The summed E-state index contributed by atoms with van der Waals surface area (Å²) in [5.41, 5.74) is 2.78. The van der Waals surface area contributed by atoms with E-state index in [1.54, 1.807) is 0 Å². The first-order valence-electron chi connectivity index (χ1n) is 5.06. The molecule has 0 fully saturated rings. The van der Waals surface area contributed by atoms with Crippen LogP contribution < -0.4 is 0 Å². The maximum atomic E-state index is 8.93. The van der Waals surface area contributed by atoms with Gasteiger partial charge in [-0.15, -0.1) is 35.7 Å². The van der Waals surface area contributed by atoms with E-state index in [1.165, 1.54) is 16.3 Å². The molecule has 2 aromatic carbocycles. The summed E-state index contributed by atoms with van der Waals surface area (Å²) in [4.78, 5) is 0. The van der Waals surface area contributed by atoms with Crippen LogP contribution >= 0.6 is 13.6 Å². The molecule has 0 radical (unpaired) electrons. The minimum absolute atomic E-state index is 0.710. The number of hydrogen-bond donors (Lipinski definition) is 0. The Labute approximate surface area is 119 Å². The monoisotopic (exact) mass is 335 g/mol. The van der Waals surface area contributed by atoms with E-state index >= 15 is 0 Å². The summed E-state index contributed by atoms with van der Waals surface area (Å²) in [5, 5.41) is 8.93. The van der Waals surface area contributed by atoms with Crippen LogP contribution in [0, 0.1) is 17.8 Å². The third-order valence-electron chi connectivity index (χ3n) is 2.20. The van der Waals surface area contributed by atoms with Gasteiger partial charge in [0.2, 0.25) is 0 Å². The van der Waals surface area contributed by atoms with Crippen LogP contribution in [-0.4, -0.2) is 0 Å². The van der Waals surface area contributed by atoms with Gasteiger partial charge in [-0.25, -0.2) is 5.26 Å². The second-order valence-electron chi connectivity index (χ2n) is 3.25. The Morgan fingerprint density at radius 3 is 2.18 bits per heavy atom. The van der Waals surface area contributed by atoms with Gasteiger partial charge in [-0.3, -0.25) is 0 Å². The quantitative estimate of drug-likeness (QED) is 0.600. The van der Waals surface area contributed by atoms with E-state index in [0.29, 0.717) is 5.56 Å². The Hall–Kier alpha value is -1.10. The van der Waals surface area contributed by atoms with Gasteiger partial charge in [-0.1, -0.05) is 36.4 Å². The van der Waals surface area contributed by atoms with Crippen molar-refractivity contribution in [2.45, 2.75) is 0 Å². The molecule has 0 aliphatic rings. The predicted molar refractivity (Wildman–Crippen MR) is 69.0 cm³/mol. The first kappa shape index (κ1) is 14.0. The fraction of sp³-hybridized carbons (Fsp3) is 0. The summed E-state index contributed by atoms with van der Waals surface area (Å²) < 4.78 is 0. The Morgan fingerprint density at radius 2 is 1.53 bits per heavy atom. The molecule has 1 nitrogen and oxygen atoms in total. The summed E-state index contributed by atoms with van der Waals surface area (Å²) in [6.07, 6.45) is 2.01. The van der Waals surface area contributed by atoms with Gasteiger partial charge >= 0.3 is 30.0 Å². The molecular formula is C14H10BrNZn. The van der Waals surface area contributed by atoms with Crippen LogP contribution in [0.5, 0.6) is 0 Å². The van der Waals surface area contributed by atoms with E-state index in [-0.39, 0.29) is 0 Å². The van der Waals surface area contributed by atoms with Crippen molar-refractivity contribution in [3.63, 3.8) is 0 Å². The Kier molecular flexibility index (Phi) is 6.62. The van der Waals surface area contributed by atoms with Crippen molar-refractivity contribution in [2.75, 3.05) is 0 Å². The third-order valence-corrected chi connectivity index (χ3v) is 2.20. The number of hydrogen-bond acceptors (Lipinski definition) is 1. The van der Waals surface area contributed by atoms with Crippen molar-refractivity contribution >= 4 is 13.6 Å². The molecule has 2 aromatic rings. The van der Waals surface area contributed by atoms with Crippen LogP contribution in [0.2, 0.25) is 0 Å². The third kappa shape index (κ3) is 4.34. The average molecular weight is 338 g/mol. The first-order chi connectivity index (χ1) is 8.40. The van der Waals surface area contributed by atoms with Gasteiger partial charge in [0.05, 0.1) is 6.07 Å². The van der Waals surface area contributed by atoms with Crippen molar-refractivity contribution in [3.05, 3.63) is 77.7 Å². The molecule has 0 unspecified atom stereocenters. The number of rotatable bonds is 2. The molecule has 17 heavy (non-hydrogen) atoms. The minimum atomic E-state index is 0.710. The van der Waals surface area contributed by atoms with Crippen LogP contribution in [0.15, 0.2) is 54.6 Å². The molecule has 0 heterocycles. The van der Waals surface area contributed by atoms with Gasteiger partial charge in [-0.05, 0) is 5.56 Å². The number of halogens is 1. The zero-order valence-electron chi connectivity index (χ0n) is 9.31. The first-order valence-corrected chi connectivity index (χ1v) is 12.0. The molecule has 0 bridgehead atoms. The molecule has 0 aromatic heterocycles. The standard InChI is InChI=1S/C14H10N.BrH.Zn/c15-11-14-9-5-4-8-13(14)10-12-6-2-1-3-7-12;;/h1-10H;1H;/q-1;;+2/p-1. The second-order valence-corrected chi connectivity index (χ2v) is 3.25. The molecule has 0 N–H and O–H groups in total. The average Bonchev–Trinajstić information content (AvgIpc) is 2.43. The van der Waals surface area contributed by atoms with Crippen molar-refractivity contribution in [3.8, 4) is 6.07 Å². The van der Waals surface area contributed by atoms with E-state index in [1.807, 2.05) is 61.0 Å². The van der Waals surface area contributed by atoms with Gasteiger partial charge in [0, 0.05) is 0 Å². The molecule has 0 amide bonds. The van der Waals surface area contributed by atoms with E-state index in [0.717, 1.165) is 11.1 Å². The van der Waals surface area contributed by atoms with Gasteiger partial charge in [0.15, 0.2) is 0 Å². The van der Waals surface area contributed by atoms with Crippen LogP contribution in [0.3, 0.4) is 0 Å². The summed E-state index contributed by atoms with van der Waals surface area (Å²) in [5.74, 6) is 0. The van der Waals surface area contributed by atoms with Gasteiger partial charge in [-0.2, -0.15) is 0 Å². The van der Waals surface area contributed by atoms with E-state index in [2.05, 4.69) is 19.7 Å². The Bertz CT molecular complexity index is 491. The number of benzene rings is 2. The number of nitrogens with zero attached hydrogens (tertiary/aromatic N) is 1. The second kappa shape index (κ2) is 8.06. The van der Waals surface area contributed by atoms with Crippen molar-refractivity contribution in [1.29, 1.82) is 5.26 Å². The summed E-state index contributed by atoms with van der Waals surface area (Å²) in [6, 6.07) is 19.8. The van der Waals surface area contributed by atoms with Gasteiger partial charge in [0.1, 0.15) is 0 Å². The van der Waals surface area contributed by atoms with Crippen LogP contribution in [-0.2, 0) is 16.3 Å². The zero-order chi connectivity index (χ0) is 12.5. The maximum absolute atomic E-state index is 8.93. The SMILES string of the molecule is N#Cc1ccccc1[CH-]c1ccccc1.[Zn+][Br]. The molecular weight excluding hydrogens is 327 g/mol. The Morgan fingerprint density at radius 1 is 0.941 bits per heavy atom. The van der Waals surface area contributed by atoms with Gasteiger partial charge < -0.3 is 0 Å². The predicted octanol–water partition coefficient (Wildman–Crippen LogP) is 4.00. The molecule has 0 saturated carbocycles. The van der Waals surface area contributed by atoms with Crippen LogP contribution in [0.4, 0.5) is 0 Å². The molecule has 0 saturated heterocycles. The van der Waals surface area contributed by atoms with Crippen molar-refractivity contribution in [1.82, 2.24) is 0 Å². The molecule has 0 aliphatic carbocycles. The Balaban J connectivity index is 0.000000686. The fourth-order valence-electron chi connectivity index (χ4n) is 1.45. The molecule has 2 rings (SSSR count). The van der Waals surface area contributed by atoms with Gasteiger partial charge in [0.25, 0.3) is 0 Å². The van der Waals surface area contributed by atoms with E-state index in [4.69, 9.17) is 5.26 Å². The van der Waals surface area contributed by atoms with Crippen molar-refractivity contribution in [2.24, 2.45) is 0 Å². The fourth-order valence-corrected chi connectivity index (χ4v) is 1.45. The normalized spacial score (nSPS) is 8.59. The topological polar surface area (TPSA) is 23.8 Å². The van der Waals surface area contributed by atoms with E-state index < -0.39 is 0 Å². The summed E-state index contributed by atoms with van der Waals surface area (Å²) in [7, 11) is 0. The zero-order valence-corrected chi connectivity index (χ0v) is 13.9. The molecule has 3 heteroatoms. The number of nitriles is 1. The van der Waals surface area contributed by atoms with Crippen LogP contribution in [0.1, 0.15) is 16.7 Å².